The van der Waals surface area contributed by atoms with Gasteiger partial charge in [0.2, 0.25) is 5.52 Å². The summed E-state index contributed by atoms with van der Waals surface area (Å²) in [5.41, 5.74) is -1.41. The van der Waals surface area contributed by atoms with Crippen LogP contribution < -0.4 is 5.32 Å². The van der Waals surface area contributed by atoms with Crippen molar-refractivity contribution in [1.82, 2.24) is 5.32 Å². The predicted molar refractivity (Wildman–Crippen MR) is 68.5 cm³/mol. The van der Waals surface area contributed by atoms with E-state index in [1.54, 1.807) is 6.07 Å². The van der Waals surface area contributed by atoms with Crippen molar-refractivity contribution in [3.8, 4) is 0 Å². The number of hydrogen-bond donors (Lipinski definition) is 5. The van der Waals surface area contributed by atoms with Crippen molar-refractivity contribution in [2.75, 3.05) is 0 Å². The van der Waals surface area contributed by atoms with Crippen molar-refractivity contribution >= 4 is 15.2 Å². The Hall–Kier alpha value is -0.590. The van der Waals surface area contributed by atoms with E-state index in [0.29, 0.717) is 24.0 Å². The molecule has 0 amide bonds. The van der Waals surface area contributed by atoms with Crippen LogP contribution in [0.25, 0.3) is 0 Å². The number of halogens is 1. The molecule has 0 aromatic heterocycles. The third-order valence-corrected chi connectivity index (χ3v) is 6.58. The predicted octanol–water partition coefficient (Wildman–Crippen LogP) is 1.04. The third-order valence-electron chi connectivity index (χ3n) is 3.20. The highest BCUT2D eigenvalue weighted by atomic mass is 31.2. The maximum Gasteiger partial charge on any atom is 0.354 e. The van der Waals surface area contributed by atoms with Gasteiger partial charge in [-0.05, 0) is 30.0 Å². The van der Waals surface area contributed by atoms with E-state index in [1.165, 1.54) is 12.1 Å². The molecular weight excluding hydrogens is 311 g/mol. The molecule has 1 aliphatic carbocycles. The van der Waals surface area contributed by atoms with Crippen LogP contribution in [0.1, 0.15) is 23.6 Å². The fraction of sp³-hybridized carbons (Fsp3) is 0.400. The summed E-state index contributed by atoms with van der Waals surface area (Å²) in [6.07, 6.45) is 0.654. The van der Waals surface area contributed by atoms with Crippen molar-refractivity contribution < 1.29 is 33.1 Å². The van der Waals surface area contributed by atoms with Gasteiger partial charge in [-0.3, -0.25) is 14.4 Å². The van der Waals surface area contributed by atoms with Crippen LogP contribution in [0.4, 0.5) is 4.39 Å². The van der Waals surface area contributed by atoms with E-state index in [0.717, 1.165) is 0 Å². The number of hydrogen-bond acceptors (Lipinski definition) is 3. The Morgan fingerprint density at radius 3 is 2.35 bits per heavy atom. The van der Waals surface area contributed by atoms with Gasteiger partial charge in [0.1, 0.15) is 5.82 Å². The molecule has 1 atom stereocenters. The molecular formula is C10H14FNO6P2. The molecule has 0 heterocycles. The van der Waals surface area contributed by atoms with Gasteiger partial charge in [-0.25, -0.2) is 4.39 Å². The van der Waals surface area contributed by atoms with Crippen molar-refractivity contribution in [2.45, 2.75) is 24.4 Å². The quantitative estimate of drug-likeness (QED) is 0.523. The Morgan fingerprint density at radius 2 is 1.80 bits per heavy atom. The van der Waals surface area contributed by atoms with Crippen LogP contribution in [0.5, 0.6) is 0 Å². The molecule has 0 fully saturated rings. The summed E-state index contributed by atoms with van der Waals surface area (Å²) in [5, 5.41) is 2.29. The minimum atomic E-state index is -5.04. The Kier molecular flexibility index (Phi) is 4.19. The van der Waals surface area contributed by atoms with E-state index in [4.69, 9.17) is 19.6 Å². The summed E-state index contributed by atoms with van der Waals surface area (Å²) in [7, 11) is -10.1. The van der Waals surface area contributed by atoms with Crippen molar-refractivity contribution in [3.05, 3.63) is 35.1 Å². The SMILES string of the molecule is O=P(O)(O)C(NC1CCc2c(F)cccc21)P(=O)(O)O. The Labute approximate surface area is 114 Å². The molecule has 0 aliphatic heterocycles. The summed E-state index contributed by atoms with van der Waals surface area (Å²) in [5.74, 6) is -0.435. The van der Waals surface area contributed by atoms with Crippen molar-refractivity contribution in [3.63, 3.8) is 0 Å². The second kappa shape index (κ2) is 5.31. The highest BCUT2D eigenvalue weighted by Crippen LogP contribution is 2.59. The summed E-state index contributed by atoms with van der Waals surface area (Å²) in [4.78, 5) is 36.2. The number of rotatable bonds is 4. The normalized spacial score (nSPS) is 19.4. The molecule has 5 N–H and O–H groups in total. The average molecular weight is 325 g/mol. The molecule has 1 aromatic carbocycles. The number of nitrogens with one attached hydrogen (secondary N) is 1. The lowest BCUT2D eigenvalue weighted by atomic mass is 10.1. The monoisotopic (exact) mass is 325 g/mol. The van der Waals surface area contributed by atoms with E-state index in [1.807, 2.05) is 0 Å². The smallest absolute Gasteiger partial charge is 0.323 e. The molecule has 0 radical (unpaired) electrons. The first-order valence-electron chi connectivity index (χ1n) is 5.74. The second-order valence-corrected chi connectivity index (χ2v) is 8.41. The van der Waals surface area contributed by atoms with Crippen LogP contribution in [0.15, 0.2) is 18.2 Å². The first kappa shape index (κ1) is 15.8. The van der Waals surface area contributed by atoms with E-state index < -0.39 is 32.6 Å². The average Bonchev–Trinajstić information content (AvgIpc) is 2.67. The maximum atomic E-state index is 13.5. The minimum Gasteiger partial charge on any atom is -0.323 e. The lowest BCUT2D eigenvalue weighted by Gasteiger charge is -2.24. The first-order valence-corrected chi connectivity index (χ1v) is 9.11. The van der Waals surface area contributed by atoms with Gasteiger partial charge in [-0.15, -0.1) is 0 Å². The maximum absolute atomic E-state index is 13.5. The van der Waals surface area contributed by atoms with Gasteiger partial charge in [0, 0.05) is 6.04 Å². The third kappa shape index (κ3) is 3.18. The molecule has 7 nitrogen and oxygen atoms in total. The van der Waals surface area contributed by atoms with Crippen LogP contribution in [-0.2, 0) is 15.6 Å². The molecule has 1 unspecified atom stereocenters. The molecule has 112 valence electrons. The fourth-order valence-electron chi connectivity index (χ4n) is 2.35. The molecule has 10 heteroatoms. The molecule has 20 heavy (non-hydrogen) atoms. The van der Waals surface area contributed by atoms with Crippen LogP contribution in [-0.4, -0.2) is 25.1 Å². The zero-order chi connectivity index (χ0) is 15.1. The fourth-order valence-corrected chi connectivity index (χ4v) is 4.67. The van der Waals surface area contributed by atoms with Crippen LogP contribution in [0.3, 0.4) is 0 Å². The van der Waals surface area contributed by atoms with Gasteiger partial charge in [-0.2, -0.15) is 0 Å². The first-order chi connectivity index (χ1) is 9.10. The van der Waals surface area contributed by atoms with Gasteiger partial charge in [-0.1, -0.05) is 12.1 Å². The lowest BCUT2D eigenvalue weighted by molar-refractivity contribution is 0.320. The molecule has 1 aliphatic rings. The molecule has 0 saturated carbocycles. The molecule has 0 bridgehead atoms. The second-order valence-electron chi connectivity index (χ2n) is 4.62. The highest BCUT2D eigenvalue weighted by Gasteiger charge is 2.45. The summed E-state index contributed by atoms with van der Waals surface area (Å²) in [6, 6.07) is 3.58. The van der Waals surface area contributed by atoms with Crippen molar-refractivity contribution in [2.24, 2.45) is 0 Å². The van der Waals surface area contributed by atoms with E-state index in [-0.39, 0.29) is 0 Å². The number of benzene rings is 1. The van der Waals surface area contributed by atoms with E-state index in [9.17, 15) is 13.5 Å². The van der Waals surface area contributed by atoms with Gasteiger partial charge in [0.25, 0.3) is 0 Å². The van der Waals surface area contributed by atoms with E-state index in [2.05, 4.69) is 5.32 Å². The topological polar surface area (TPSA) is 127 Å². The lowest BCUT2D eigenvalue weighted by Crippen LogP contribution is -2.31. The minimum absolute atomic E-state index is 0.312. The van der Waals surface area contributed by atoms with Gasteiger partial charge in [0.05, 0.1) is 0 Å². The van der Waals surface area contributed by atoms with Crippen LogP contribution in [0, 0.1) is 5.82 Å². The van der Waals surface area contributed by atoms with Gasteiger partial charge in [0.15, 0.2) is 0 Å². The summed E-state index contributed by atoms with van der Waals surface area (Å²) in [6.45, 7) is 0. The van der Waals surface area contributed by atoms with E-state index >= 15 is 0 Å². The zero-order valence-corrected chi connectivity index (χ0v) is 12.0. The summed E-state index contributed by atoms with van der Waals surface area (Å²) >= 11 is 0. The largest absolute Gasteiger partial charge is 0.354 e. The zero-order valence-electron chi connectivity index (χ0n) is 10.2. The number of fused-ring (bicyclic) bond motifs is 1. The van der Waals surface area contributed by atoms with Gasteiger partial charge >= 0.3 is 15.2 Å². The molecule has 0 saturated heterocycles. The Bertz CT molecular complexity index is 590. The molecule has 1 aromatic rings. The Balaban J connectivity index is 2.30. The summed E-state index contributed by atoms with van der Waals surface area (Å²) < 4.78 is 36.0. The Morgan fingerprint density at radius 1 is 1.20 bits per heavy atom. The van der Waals surface area contributed by atoms with Crippen molar-refractivity contribution in [1.29, 1.82) is 0 Å². The van der Waals surface area contributed by atoms with Crippen LogP contribution >= 0.6 is 15.2 Å². The molecule has 2 rings (SSSR count). The molecule has 0 spiro atoms. The van der Waals surface area contributed by atoms with Crippen LogP contribution in [0.2, 0.25) is 0 Å². The van der Waals surface area contributed by atoms with Gasteiger partial charge < -0.3 is 19.6 Å². The standard InChI is InChI=1S/C10H14FNO6P2/c11-8-3-1-2-7-6(8)4-5-9(7)12-10(19(13,14)15)20(16,17)18/h1-3,9-10,12H,4-5H2,(H2,13,14,15)(H2,16,17,18). The highest BCUT2D eigenvalue weighted by molar-refractivity contribution is 7.70.